The van der Waals surface area contributed by atoms with Crippen LogP contribution in [0.3, 0.4) is 0 Å². The zero-order chi connectivity index (χ0) is 16.5. The van der Waals surface area contributed by atoms with E-state index in [4.69, 9.17) is 5.11 Å². The summed E-state index contributed by atoms with van der Waals surface area (Å²) in [7, 11) is -4.21. The first kappa shape index (κ1) is 16.6. The third-order valence-electron chi connectivity index (χ3n) is 3.13. The second-order valence-corrected chi connectivity index (χ2v) is 6.53. The van der Waals surface area contributed by atoms with Gasteiger partial charge in [0.1, 0.15) is 11.8 Å². The zero-order valence-corrected chi connectivity index (χ0v) is 11.9. The van der Waals surface area contributed by atoms with Crippen molar-refractivity contribution in [1.82, 2.24) is 4.31 Å². The molecule has 1 aliphatic rings. The first-order valence-electron chi connectivity index (χ1n) is 6.22. The Morgan fingerprint density at radius 1 is 1.36 bits per heavy atom. The SMILES string of the molecule is O=C(O)[C@H]1CCCN1S(=O)(=O)c1cccc(OC(F)(F)F)c1. The van der Waals surface area contributed by atoms with Crippen molar-refractivity contribution in [2.45, 2.75) is 30.1 Å². The number of ether oxygens (including phenoxy) is 1. The monoisotopic (exact) mass is 339 g/mol. The van der Waals surface area contributed by atoms with E-state index in [1.807, 2.05) is 0 Å². The molecule has 0 unspecified atom stereocenters. The van der Waals surface area contributed by atoms with E-state index >= 15 is 0 Å². The molecule has 1 N–H and O–H groups in total. The number of hydrogen-bond acceptors (Lipinski definition) is 4. The second kappa shape index (κ2) is 5.76. The average Bonchev–Trinajstić information content (AvgIpc) is 2.87. The van der Waals surface area contributed by atoms with Crippen molar-refractivity contribution in [1.29, 1.82) is 0 Å². The van der Waals surface area contributed by atoms with Gasteiger partial charge in [-0.1, -0.05) is 6.07 Å². The summed E-state index contributed by atoms with van der Waals surface area (Å²) in [4.78, 5) is 10.6. The first-order chi connectivity index (χ1) is 10.1. The lowest BCUT2D eigenvalue weighted by Gasteiger charge is -2.21. The molecule has 0 spiro atoms. The zero-order valence-electron chi connectivity index (χ0n) is 11.1. The summed E-state index contributed by atoms with van der Waals surface area (Å²) in [6.45, 7) is 0.00363. The second-order valence-electron chi connectivity index (χ2n) is 4.63. The van der Waals surface area contributed by atoms with Gasteiger partial charge in [-0.05, 0) is 25.0 Å². The molecule has 0 radical (unpaired) electrons. The van der Waals surface area contributed by atoms with Crippen LogP contribution in [0.5, 0.6) is 5.75 Å². The molecule has 0 bridgehead atoms. The summed E-state index contributed by atoms with van der Waals surface area (Å²) in [5.41, 5.74) is 0. The Balaban J connectivity index is 2.34. The fourth-order valence-electron chi connectivity index (χ4n) is 2.24. The number of sulfonamides is 1. The Bertz CT molecular complexity index is 674. The standard InChI is InChI=1S/C12H12F3NO5S/c13-12(14,15)21-8-3-1-4-9(7-8)22(19,20)16-6-2-5-10(16)11(17)18/h1,3-4,7,10H,2,5-6H2,(H,17,18)/t10-/m1/s1. The highest BCUT2D eigenvalue weighted by Gasteiger charge is 2.40. The molecule has 1 saturated heterocycles. The lowest BCUT2D eigenvalue weighted by Crippen LogP contribution is -2.40. The van der Waals surface area contributed by atoms with Gasteiger partial charge in [-0.25, -0.2) is 8.42 Å². The van der Waals surface area contributed by atoms with Crippen molar-refractivity contribution in [3.8, 4) is 5.75 Å². The molecule has 1 fully saturated rings. The molecule has 10 heteroatoms. The van der Waals surface area contributed by atoms with Crippen molar-refractivity contribution in [2.24, 2.45) is 0 Å². The number of benzene rings is 1. The molecule has 6 nitrogen and oxygen atoms in total. The maximum Gasteiger partial charge on any atom is 0.573 e. The number of alkyl halides is 3. The Labute approximate surface area is 124 Å². The summed E-state index contributed by atoms with van der Waals surface area (Å²) in [6, 6.07) is 2.66. The molecule has 1 aromatic carbocycles. The fourth-order valence-corrected chi connectivity index (χ4v) is 3.93. The third kappa shape index (κ3) is 3.50. The molecular formula is C12H12F3NO5S. The maximum absolute atomic E-state index is 12.4. The third-order valence-corrected chi connectivity index (χ3v) is 5.04. The van der Waals surface area contributed by atoms with Crippen LogP contribution in [-0.2, 0) is 14.8 Å². The van der Waals surface area contributed by atoms with Crippen molar-refractivity contribution in [3.63, 3.8) is 0 Å². The van der Waals surface area contributed by atoms with E-state index in [9.17, 15) is 26.4 Å². The van der Waals surface area contributed by atoms with Gasteiger partial charge in [-0.2, -0.15) is 4.31 Å². The van der Waals surface area contributed by atoms with Crippen LogP contribution in [0.2, 0.25) is 0 Å². The lowest BCUT2D eigenvalue weighted by molar-refractivity contribution is -0.274. The van der Waals surface area contributed by atoms with E-state index in [1.54, 1.807) is 0 Å². The van der Waals surface area contributed by atoms with Crippen LogP contribution in [0.4, 0.5) is 13.2 Å². The van der Waals surface area contributed by atoms with Crippen LogP contribution < -0.4 is 4.74 Å². The summed E-state index contributed by atoms with van der Waals surface area (Å²) < 4.78 is 65.8. The molecule has 0 saturated carbocycles. The van der Waals surface area contributed by atoms with E-state index in [2.05, 4.69) is 4.74 Å². The van der Waals surface area contributed by atoms with Gasteiger partial charge in [0.05, 0.1) is 4.90 Å². The highest BCUT2D eigenvalue weighted by Crippen LogP contribution is 2.29. The molecule has 0 aliphatic carbocycles. The Kier molecular flexibility index (Phi) is 4.34. The highest BCUT2D eigenvalue weighted by molar-refractivity contribution is 7.89. The molecule has 1 aromatic rings. The molecule has 0 amide bonds. The largest absolute Gasteiger partial charge is 0.573 e. The van der Waals surface area contributed by atoms with E-state index in [-0.39, 0.29) is 13.0 Å². The van der Waals surface area contributed by atoms with Gasteiger partial charge in [0.15, 0.2) is 0 Å². The van der Waals surface area contributed by atoms with Crippen LogP contribution in [-0.4, -0.2) is 42.7 Å². The topological polar surface area (TPSA) is 83.9 Å². The van der Waals surface area contributed by atoms with Crippen LogP contribution >= 0.6 is 0 Å². The van der Waals surface area contributed by atoms with Crippen LogP contribution in [0.1, 0.15) is 12.8 Å². The van der Waals surface area contributed by atoms with E-state index in [0.29, 0.717) is 6.42 Å². The molecule has 1 heterocycles. The average molecular weight is 339 g/mol. The molecular weight excluding hydrogens is 327 g/mol. The summed E-state index contributed by atoms with van der Waals surface area (Å²) in [5.74, 6) is -1.97. The number of nitrogens with zero attached hydrogens (tertiary/aromatic N) is 1. The predicted octanol–water partition coefficient (Wildman–Crippen LogP) is 1.82. The molecule has 2 rings (SSSR count). The van der Waals surface area contributed by atoms with Gasteiger partial charge < -0.3 is 9.84 Å². The molecule has 22 heavy (non-hydrogen) atoms. The van der Waals surface area contributed by atoms with Gasteiger partial charge in [-0.3, -0.25) is 4.79 Å². The lowest BCUT2D eigenvalue weighted by atomic mass is 10.2. The van der Waals surface area contributed by atoms with Gasteiger partial charge in [0.2, 0.25) is 10.0 Å². The number of rotatable bonds is 4. The molecule has 1 atom stereocenters. The van der Waals surface area contributed by atoms with Crippen molar-refractivity contribution < 1.29 is 36.2 Å². The van der Waals surface area contributed by atoms with Gasteiger partial charge in [0.25, 0.3) is 0 Å². The van der Waals surface area contributed by atoms with Gasteiger partial charge in [-0.15, -0.1) is 13.2 Å². The Morgan fingerprint density at radius 2 is 2.05 bits per heavy atom. The highest BCUT2D eigenvalue weighted by atomic mass is 32.2. The minimum atomic E-state index is -4.94. The number of carbonyl (C=O) groups is 1. The Hall–Kier alpha value is -1.81. The van der Waals surface area contributed by atoms with Crippen LogP contribution in [0.25, 0.3) is 0 Å². The van der Waals surface area contributed by atoms with Gasteiger partial charge >= 0.3 is 12.3 Å². The smallest absolute Gasteiger partial charge is 0.480 e. The normalized spacial score (nSPS) is 20.0. The van der Waals surface area contributed by atoms with Crippen molar-refractivity contribution >= 4 is 16.0 Å². The first-order valence-corrected chi connectivity index (χ1v) is 7.66. The summed E-state index contributed by atoms with van der Waals surface area (Å²) in [5, 5.41) is 9.02. The van der Waals surface area contributed by atoms with Crippen molar-refractivity contribution in [2.75, 3.05) is 6.54 Å². The number of aliphatic carboxylic acids is 1. The summed E-state index contributed by atoms with van der Waals surface area (Å²) >= 11 is 0. The van der Waals surface area contributed by atoms with E-state index in [1.165, 1.54) is 0 Å². The number of carboxylic acid groups (broad SMARTS) is 1. The molecule has 122 valence electrons. The van der Waals surface area contributed by atoms with Crippen molar-refractivity contribution in [3.05, 3.63) is 24.3 Å². The maximum atomic E-state index is 12.4. The number of hydrogen-bond donors (Lipinski definition) is 1. The fraction of sp³-hybridized carbons (Fsp3) is 0.417. The number of halogens is 3. The van der Waals surface area contributed by atoms with E-state index < -0.39 is 39.0 Å². The van der Waals surface area contributed by atoms with Crippen LogP contribution in [0, 0.1) is 0 Å². The molecule has 0 aromatic heterocycles. The van der Waals surface area contributed by atoms with Crippen LogP contribution in [0.15, 0.2) is 29.2 Å². The Morgan fingerprint density at radius 3 is 2.64 bits per heavy atom. The minimum absolute atomic E-state index is 0.00363. The predicted molar refractivity (Wildman–Crippen MR) is 67.7 cm³/mol. The van der Waals surface area contributed by atoms with E-state index in [0.717, 1.165) is 28.6 Å². The number of carboxylic acids is 1. The molecule has 1 aliphatic heterocycles. The quantitative estimate of drug-likeness (QED) is 0.905. The minimum Gasteiger partial charge on any atom is -0.480 e. The summed E-state index contributed by atoms with van der Waals surface area (Å²) in [6.07, 6.45) is -4.41. The van der Waals surface area contributed by atoms with Gasteiger partial charge in [0, 0.05) is 12.6 Å².